The van der Waals surface area contributed by atoms with Gasteiger partial charge in [0.1, 0.15) is 0 Å². The lowest BCUT2D eigenvalue weighted by Crippen LogP contribution is -2.42. The maximum absolute atomic E-state index is 11.8. The highest BCUT2D eigenvalue weighted by Crippen LogP contribution is 2.12. The molecule has 1 heterocycles. The predicted molar refractivity (Wildman–Crippen MR) is 71.5 cm³/mol. The van der Waals surface area contributed by atoms with Crippen molar-refractivity contribution in [2.75, 3.05) is 26.7 Å². The van der Waals surface area contributed by atoms with Gasteiger partial charge in [-0.3, -0.25) is 4.79 Å². The summed E-state index contributed by atoms with van der Waals surface area (Å²) in [5.41, 5.74) is 0. The van der Waals surface area contributed by atoms with Crippen LogP contribution in [0.25, 0.3) is 0 Å². The highest BCUT2D eigenvalue weighted by atomic mass is 35.5. The highest BCUT2D eigenvalue weighted by molar-refractivity contribution is 5.85. The summed E-state index contributed by atoms with van der Waals surface area (Å²) in [7, 11) is 1.70. The second-order valence-corrected chi connectivity index (χ2v) is 4.79. The number of ether oxygens (including phenoxy) is 1. The molecule has 0 aromatic heterocycles. The quantitative estimate of drug-likeness (QED) is 0.785. The van der Waals surface area contributed by atoms with E-state index in [1.165, 1.54) is 0 Å². The van der Waals surface area contributed by atoms with Crippen LogP contribution in [0.5, 0.6) is 0 Å². The van der Waals surface area contributed by atoms with Gasteiger partial charge in [-0.1, -0.05) is 13.8 Å². The lowest BCUT2D eigenvalue weighted by Gasteiger charge is -2.24. The molecule has 1 unspecified atom stereocenters. The summed E-state index contributed by atoms with van der Waals surface area (Å²) in [6.45, 7) is 6.73. The molecule has 1 amide bonds. The van der Waals surface area contributed by atoms with Crippen LogP contribution in [0.1, 0.15) is 26.7 Å². The summed E-state index contributed by atoms with van der Waals surface area (Å²) in [6.07, 6.45) is 2.02. The van der Waals surface area contributed by atoms with Crippen molar-refractivity contribution in [1.82, 2.24) is 10.6 Å². The maximum atomic E-state index is 11.8. The Bertz CT molecular complexity index is 219. The summed E-state index contributed by atoms with van der Waals surface area (Å²) in [5, 5.41) is 6.25. The fourth-order valence-corrected chi connectivity index (χ4v) is 2.02. The largest absolute Gasteiger partial charge is 0.379 e. The second-order valence-electron chi connectivity index (χ2n) is 4.79. The molecule has 102 valence electrons. The first-order chi connectivity index (χ1) is 7.65. The van der Waals surface area contributed by atoms with Crippen molar-refractivity contribution in [1.29, 1.82) is 0 Å². The molecule has 2 N–H and O–H groups in total. The molecule has 1 atom stereocenters. The molecule has 0 aliphatic carbocycles. The Morgan fingerprint density at radius 2 is 2.00 bits per heavy atom. The number of carbonyl (C=O) groups is 1. The Morgan fingerprint density at radius 3 is 2.47 bits per heavy atom. The molecule has 1 aliphatic heterocycles. The smallest absolute Gasteiger partial charge is 0.223 e. The third-order valence-corrected chi connectivity index (χ3v) is 3.23. The fourth-order valence-electron chi connectivity index (χ4n) is 2.02. The normalized spacial score (nSPS) is 18.6. The van der Waals surface area contributed by atoms with Gasteiger partial charge in [0.25, 0.3) is 0 Å². The maximum Gasteiger partial charge on any atom is 0.223 e. The molecule has 1 saturated heterocycles. The van der Waals surface area contributed by atoms with E-state index in [2.05, 4.69) is 24.5 Å². The number of halogens is 1. The van der Waals surface area contributed by atoms with Crippen LogP contribution in [0.15, 0.2) is 0 Å². The molecule has 0 aromatic rings. The number of hydrogen-bond acceptors (Lipinski definition) is 3. The van der Waals surface area contributed by atoms with E-state index in [9.17, 15) is 4.79 Å². The molecule has 0 saturated carbocycles. The van der Waals surface area contributed by atoms with Crippen molar-refractivity contribution < 1.29 is 9.53 Å². The minimum Gasteiger partial charge on any atom is -0.379 e. The van der Waals surface area contributed by atoms with Gasteiger partial charge in [-0.25, -0.2) is 0 Å². The topological polar surface area (TPSA) is 50.4 Å². The van der Waals surface area contributed by atoms with E-state index in [-0.39, 0.29) is 30.3 Å². The van der Waals surface area contributed by atoms with Gasteiger partial charge in [-0.15, -0.1) is 12.4 Å². The van der Waals surface area contributed by atoms with E-state index in [1.807, 2.05) is 0 Å². The number of methoxy groups -OCH3 is 1. The van der Waals surface area contributed by atoms with Crippen molar-refractivity contribution in [3.63, 3.8) is 0 Å². The van der Waals surface area contributed by atoms with Crippen LogP contribution in [-0.2, 0) is 9.53 Å². The number of amides is 1. The Kier molecular flexibility index (Phi) is 8.56. The lowest BCUT2D eigenvalue weighted by atomic mass is 9.97. The molecule has 0 spiro atoms. The Morgan fingerprint density at radius 1 is 1.41 bits per heavy atom. The molecule has 5 heteroatoms. The van der Waals surface area contributed by atoms with Gasteiger partial charge in [0, 0.05) is 19.6 Å². The number of rotatable bonds is 5. The van der Waals surface area contributed by atoms with Crippen molar-refractivity contribution in [3.05, 3.63) is 0 Å². The minimum atomic E-state index is 0. The number of carbonyl (C=O) groups excluding carboxylic acids is 1. The molecule has 0 bridgehead atoms. The monoisotopic (exact) mass is 264 g/mol. The van der Waals surface area contributed by atoms with Crippen molar-refractivity contribution in [3.8, 4) is 0 Å². The molecule has 1 fully saturated rings. The van der Waals surface area contributed by atoms with E-state index >= 15 is 0 Å². The molecule has 1 aliphatic rings. The van der Waals surface area contributed by atoms with E-state index in [4.69, 9.17) is 4.74 Å². The predicted octanol–water partition coefficient (Wildman–Crippen LogP) is 1.19. The first-order valence-corrected chi connectivity index (χ1v) is 6.16. The number of hydrogen-bond donors (Lipinski definition) is 2. The average Bonchev–Trinajstić information content (AvgIpc) is 2.30. The number of piperidine rings is 1. The van der Waals surface area contributed by atoms with E-state index in [1.54, 1.807) is 7.11 Å². The third kappa shape index (κ3) is 5.70. The molecule has 0 aromatic carbocycles. The molecule has 4 nitrogen and oxygen atoms in total. The summed E-state index contributed by atoms with van der Waals surface area (Å²) in [4.78, 5) is 11.8. The third-order valence-electron chi connectivity index (χ3n) is 3.23. The molecular formula is C12H25ClN2O2. The van der Waals surface area contributed by atoms with Gasteiger partial charge in [0.2, 0.25) is 5.91 Å². The molecular weight excluding hydrogens is 240 g/mol. The SMILES string of the molecule is COC(CNC(=O)C1CCNCC1)C(C)C.Cl. The Hall–Kier alpha value is -0.320. The van der Waals surface area contributed by atoms with Crippen LogP contribution in [0, 0.1) is 11.8 Å². The number of nitrogens with one attached hydrogen (secondary N) is 2. The Balaban J connectivity index is 0.00000256. The summed E-state index contributed by atoms with van der Waals surface area (Å²) >= 11 is 0. The summed E-state index contributed by atoms with van der Waals surface area (Å²) in [6, 6.07) is 0. The first kappa shape index (κ1) is 16.7. The van der Waals surface area contributed by atoms with Gasteiger partial charge < -0.3 is 15.4 Å². The summed E-state index contributed by atoms with van der Waals surface area (Å²) < 4.78 is 5.32. The standard InChI is InChI=1S/C12H24N2O2.ClH/c1-9(2)11(16-3)8-14-12(15)10-4-6-13-7-5-10;/h9-11,13H,4-8H2,1-3H3,(H,14,15);1H. The Labute approximate surface area is 110 Å². The summed E-state index contributed by atoms with van der Waals surface area (Å²) in [5.74, 6) is 0.799. The second kappa shape index (κ2) is 8.72. The minimum absolute atomic E-state index is 0. The van der Waals surface area contributed by atoms with E-state index < -0.39 is 0 Å². The lowest BCUT2D eigenvalue weighted by molar-refractivity contribution is -0.126. The van der Waals surface area contributed by atoms with Crippen LogP contribution >= 0.6 is 12.4 Å². The first-order valence-electron chi connectivity index (χ1n) is 6.16. The zero-order valence-corrected chi connectivity index (χ0v) is 11.8. The van der Waals surface area contributed by atoms with Crippen molar-refractivity contribution in [2.45, 2.75) is 32.8 Å². The average molecular weight is 265 g/mol. The van der Waals surface area contributed by atoms with Gasteiger partial charge in [0.05, 0.1) is 6.10 Å². The molecule has 0 radical (unpaired) electrons. The van der Waals surface area contributed by atoms with E-state index in [0.29, 0.717) is 12.5 Å². The van der Waals surface area contributed by atoms with Crippen LogP contribution in [-0.4, -0.2) is 38.8 Å². The van der Waals surface area contributed by atoms with Crippen molar-refractivity contribution in [2.24, 2.45) is 11.8 Å². The van der Waals surface area contributed by atoms with Gasteiger partial charge in [0.15, 0.2) is 0 Å². The zero-order chi connectivity index (χ0) is 12.0. The zero-order valence-electron chi connectivity index (χ0n) is 11.0. The van der Waals surface area contributed by atoms with Gasteiger partial charge in [-0.2, -0.15) is 0 Å². The van der Waals surface area contributed by atoms with Crippen molar-refractivity contribution >= 4 is 18.3 Å². The highest BCUT2D eigenvalue weighted by Gasteiger charge is 2.22. The molecule has 17 heavy (non-hydrogen) atoms. The van der Waals surface area contributed by atoms with Crippen LogP contribution in [0.2, 0.25) is 0 Å². The van der Waals surface area contributed by atoms with Crippen LogP contribution in [0.3, 0.4) is 0 Å². The van der Waals surface area contributed by atoms with Gasteiger partial charge >= 0.3 is 0 Å². The molecule has 1 rings (SSSR count). The van der Waals surface area contributed by atoms with Gasteiger partial charge in [-0.05, 0) is 31.8 Å². The van der Waals surface area contributed by atoms with E-state index in [0.717, 1.165) is 25.9 Å². The van der Waals surface area contributed by atoms with Crippen LogP contribution < -0.4 is 10.6 Å². The fraction of sp³-hybridized carbons (Fsp3) is 0.917. The van der Waals surface area contributed by atoms with Crippen LogP contribution in [0.4, 0.5) is 0 Å².